The van der Waals surface area contributed by atoms with Crippen LogP contribution in [0.1, 0.15) is 17.5 Å². The quantitative estimate of drug-likeness (QED) is 0.525. The van der Waals surface area contributed by atoms with E-state index in [9.17, 15) is 4.79 Å². The second kappa shape index (κ2) is 11.5. The average Bonchev–Trinajstić information content (AvgIpc) is 3.15. The molecule has 37 heavy (non-hydrogen) atoms. The SMILES string of the molecule is Cc1cccc(C)c1NC(=O)CN1CCCN(c2nccc(OCC3COc4ccccc4O3)n2)CC1. The van der Waals surface area contributed by atoms with Crippen molar-refractivity contribution in [1.29, 1.82) is 0 Å². The molecule has 1 amide bonds. The Hall–Kier alpha value is -3.85. The van der Waals surface area contributed by atoms with E-state index in [0.29, 0.717) is 31.6 Å². The molecule has 1 aromatic heterocycles. The average molecular weight is 504 g/mol. The lowest BCUT2D eigenvalue weighted by atomic mass is 10.1. The van der Waals surface area contributed by atoms with Gasteiger partial charge < -0.3 is 24.4 Å². The van der Waals surface area contributed by atoms with E-state index in [2.05, 4.69) is 25.1 Å². The summed E-state index contributed by atoms with van der Waals surface area (Å²) in [6, 6.07) is 15.4. The minimum Gasteiger partial charge on any atom is -0.486 e. The molecule has 9 heteroatoms. The highest BCUT2D eigenvalue weighted by Crippen LogP contribution is 2.31. The molecule has 2 aromatic carbocycles. The van der Waals surface area contributed by atoms with Gasteiger partial charge in [0.1, 0.15) is 13.2 Å². The van der Waals surface area contributed by atoms with E-state index < -0.39 is 0 Å². The van der Waals surface area contributed by atoms with Gasteiger partial charge in [-0.25, -0.2) is 4.98 Å². The molecule has 0 saturated carbocycles. The number of benzene rings is 2. The number of rotatable bonds is 7. The number of carbonyl (C=O) groups is 1. The topological polar surface area (TPSA) is 89.1 Å². The van der Waals surface area contributed by atoms with Crippen molar-refractivity contribution in [2.75, 3.05) is 56.2 Å². The Morgan fingerprint density at radius 3 is 2.68 bits per heavy atom. The Bertz CT molecular complexity index is 1220. The molecule has 1 atom stereocenters. The first kappa shape index (κ1) is 24.8. The van der Waals surface area contributed by atoms with Crippen molar-refractivity contribution >= 4 is 17.5 Å². The van der Waals surface area contributed by atoms with Crippen LogP contribution in [0.25, 0.3) is 0 Å². The summed E-state index contributed by atoms with van der Waals surface area (Å²) in [6.45, 7) is 8.28. The first-order chi connectivity index (χ1) is 18.0. The highest BCUT2D eigenvalue weighted by molar-refractivity contribution is 5.93. The number of nitrogens with zero attached hydrogens (tertiary/aromatic N) is 4. The van der Waals surface area contributed by atoms with Crippen LogP contribution in [0.5, 0.6) is 17.4 Å². The zero-order valence-corrected chi connectivity index (χ0v) is 21.4. The number of anilines is 2. The molecule has 9 nitrogen and oxygen atoms in total. The van der Waals surface area contributed by atoms with Crippen molar-refractivity contribution in [3.8, 4) is 17.4 Å². The number of hydrogen-bond donors (Lipinski definition) is 1. The van der Waals surface area contributed by atoms with Crippen LogP contribution in [0.3, 0.4) is 0 Å². The summed E-state index contributed by atoms with van der Waals surface area (Å²) in [5, 5.41) is 3.09. The summed E-state index contributed by atoms with van der Waals surface area (Å²) < 4.78 is 17.7. The lowest BCUT2D eigenvalue weighted by Gasteiger charge is -2.26. The van der Waals surface area contributed by atoms with Crippen molar-refractivity contribution in [3.05, 3.63) is 65.9 Å². The number of aryl methyl sites for hydroxylation is 2. The maximum Gasteiger partial charge on any atom is 0.238 e. The number of aromatic nitrogens is 2. The standard InChI is InChI=1S/C28H33N5O4/c1-20-7-5-8-21(2)27(20)30-25(34)17-32-13-6-14-33(16-15-32)28-29-12-11-26(31-28)36-19-22-18-35-23-9-3-4-10-24(23)37-22/h3-5,7-12,22H,6,13-19H2,1-2H3,(H,30,34). The van der Waals surface area contributed by atoms with Crippen molar-refractivity contribution in [1.82, 2.24) is 14.9 Å². The van der Waals surface area contributed by atoms with Crippen molar-refractivity contribution in [3.63, 3.8) is 0 Å². The summed E-state index contributed by atoms with van der Waals surface area (Å²) in [6.07, 6.45) is 2.42. The number of para-hydroxylation sites is 3. The number of nitrogens with one attached hydrogen (secondary N) is 1. The molecule has 0 bridgehead atoms. The maximum atomic E-state index is 12.7. The molecular formula is C28H33N5O4. The minimum atomic E-state index is -0.213. The fourth-order valence-corrected chi connectivity index (χ4v) is 4.61. The molecule has 1 N–H and O–H groups in total. The van der Waals surface area contributed by atoms with Crippen LogP contribution in [-0.2, 0) is 4.79 Å². The van der Waals surface area contributed by atoms with Crippen LogP contribution in [0.4, 0.5) is 11.6 Å². The highest BCUT2D eigenvalue weighted by Gasteiger charge is 2.23. The Kier molecular flexibility index (Phi) is 7.70. The smallest absolute Gasteiger partial charge is 0.238 e. The normalized spacial score (nSPS) is 17.7. The molecule has 2 aliphatic rings. The molecule has 194 valence electrons. The van der Waals surface area contributed by atoms with Crippen LogP contribution in [0.15, 0.2) is 54.7 Å². The van der Waals surface area contributed by atoms with E-state index in [-0.39, 0.29) is 12.0 Å². The molecule has 5 rings (SSSR count). The second-order valence-electron chi connectivity index (χ2n) is 9.44. The predicted molar refractivity (Wildman–Crippen MR) is 142 cm³/mol. The zero-order chi connectivity index (χ0) is 25.6. The largest absolute Gasteiger partial charge is 0.486 e. The van der Waals surface area contributed by atoms with Gasteiger partial charge in [0.2, 0.25) is 17.7 Å². The third kappa shape index (κ3) is 6.29. The maximum absolute atomic E-state index is 12.7. The van der Waals surface area contributed by atoms with E-state index in [1.165, 1.54) is 0 Å². The van der Waals surface area contributed by atoms with Gasteiger partial charge in [-0.2, -0.15) is 4.98 Å². The molecule has 1 saturated heterocycles. The molecule has 3 aromatic rings. The lowest BCUT2D eigenvalue weighted by molar-refractivity contribution is -0.117. The third-order valence-electron chi connectivity index (χ3n) is 6.59. The molecule has 2 aliphatic heterocycles. The lowest BCUT2D eigenvalue weighted by Crippen LogP contribution is -2.37. The summed E-state index contributed by atoms with van der Waals surface area (Å²) in [5.41, 5.74) is 3.05. The number of amides is 1. The van der Waals surface area contributed by atoms with Crippen molar-refractivity contribution in [2.45, 2.75) is 26.4 Å². The van der Waals surface area contributed by atoms with Gasteiger partial charge in [0.05, 0.1) is 6.54 Å². The monoisotopic (exact) mass is 503 g/mol. The Morgan fingerprint density at radius 2 is 1.84 bits per heavy atom. The summed E-state index contributed by atoms with van der Waals surface area (Å²) in [5.74, 6) is 2.62. The summed E-state index contributed by atoms with van der Waals surface area (Å²) in [7, 11) is 0. The number of fused-ring (bicyclic) bond motifs is 1. The molecular weight excluding hydrogens is 470 g/mol. The van der Waals surface area contributed by atoms with E-state index in [0.717, 1.165) is 60.9 Å². The first-order valence-corrected chi connectivity index (χ1v) is 12.7. The van der Waals surface area contributed by atoms with Gasteiger partial charge in [0, 0.05) is 44.1 Å². The van der Waals surface area contributed by atoms with Crippen LogP contribution < -0.4 is 24.4 Å². The van der Waals surface area contributed by atoms with Crippen LogP contribution >= 0.6 is 0 Å². The number of hydrogen-bond acceptors (Lipinski definition) is 8. The molecule has 1 unspecified atom stereocenters. The van der Waals surface area contributed by atoms with Crippen LogP contribution in [0, 0.1) is 13.8 Å². The molecule has 0 spiro atoms. The van der Waals surface area contributed by atoms with Gasteiger partial charge in [-0.15, -0.1) is 0 Å². The van der Waals surface area contributed by atoms with Crippen molar-refractivity contribution < 1.29 is 19.0 Å². The third-order valence-corrected chi connectivity index (χ3v) is 6.59. The van der Waals surface area contributed by atoms with Gasteiger partial charge in [-0.05, 0) is 43.5 Å². The van der Waals surface area contributed by atoms with E-state index >= 15 is 0 Å². The fourth-order valence-electron chi connectivity index (χ4n) is 4.61. The van der Waals surface area contributed by atoms with Gasteiger partial charge in [0.15, 0.2) is 17.6 Å². The zero-order valence-electron chi connectivity index (χ0n) is 21.4. The molecule has 3 heterocycles. The Morgan fingerprint density at radius 1 is 1.03 bits per heavy atom. The minimum absolute atomic E-state index is 0.00836. The van der Waals surface area contributed by atoms with Gasteiger partial charge >= 0.3 is 0 Å². The fraction of sp³-hybridized carbons (Fsp3) is 0.393. The van der Waals surface area contributed by atoms with E-state index in [1.54, 1.807) is 12.3 Å². The van der Waals surface area contributed by atoms with Crippen LogP contribution in [0.2, 0.25) is 0 Å². The summed E-state index contributed by atoms with van der Waals surface area (Å²) in [4.78, 5) is 26.2. The van der Waals surface area contributed by atoms with Crippen LogP contribution in [-0.4, -0.2) is 72.8 Å². The Labute approximate surface area is 217 Å². The Balaban J connectivity index is 1.12. The second-order valence-corrected chi connectivity index (χ2v) is 9.44. The first-order valence-electron chi connectivity index (χ1n) is 12.7. The van der Waals surface area contributed by atoms with Crippen molar-refractivity contribution in [2.24, 2.45) is 0 Å². The molecule has 1 fully saturated rings. The summed E-state index contributed by atoms with van der Waals surface area (Å²) >= 11 is 0. The van der Waals surface area contributed by atoms with Gasteiger partial charge in [-0.1, -0.05) is 30.3 Å². The highest BCUT2D eigenvalue weighted by atomic mass is 16.6. The number of carbonyl (C=O) groups excluding carboxylic acids is 1. The predicted octanol–water partition coefficient (Wildman–Crippen LogP) is 3.46. The molecule has 0 radical (unpaired) electrons. The van der Waals surface area contributed by atoms with E-state index in [1.807, 2.05) is 56.3 Å². The number of ether oxygens (including phenoxy) is 3. The van der Waals surface area contributed by atoms with Gasteiger partial charge in [0.25, 0.3) is 0 Å². The van der Waals surface area contributed by atoms with Gasteiger partial charge in [-0.3, -0.25) is 9.69 Å². The molecule has 0 aliphatic carbocycles. The van der Waals surface area contributed by atoms with E-state index in [4.69, 9.17) is 14.2 Å².